The van der Waals surface area contributed by atoms with Gasteiger partial charge in [-0.05, 0) is 24.1 Å². The lowest BCUT2D eigenvalue weighted by Gasteiger charge is -2.27. The van der Waals surface area contributed by atoms with E-state index in [0.29, 0.717) is 5.75 Å². The SMILES string of the molecule is COc1cc(CCN2CCNCC2)ccc1F. The van der Waals surface area contributed by atoms with Gasteiger partial charge < -0.3 is 15.0 Å². The van der Waals surface area contributed by atoms with Crippen molar-refractivity contribution in [3.05, 3.63) is 29.6 Å². The predicted molar refractivity (Wildman–Crippen MR) is 66.0 cm³/mol. The Morgan fingerprint density at radius 2 is 2.12 bits per heavy atom. The van der Waals surface area contributed by atoms with E-state index < -0.39 is 0 Å². The van der Waals surface area contributed by atoms with Crippen molar-refractivity contribution in [3.63, 3.8) is 0 Å². The van der Waals surface area contributed by atoms with E-state index in [1.807, 2.05) is 6.07 Å². The Balaban J connectivity index is 1.89. The van der Waals surface area contributed by atoms with Gasteiger partial charge in [0.15, 0.2) is 11.6 Å². The zero-order chi connectivity index (χ0) is 12.1. The minimum atomic E-state index is -0.293. The van der Waals surface area contributed by atoms with Crippen LogP contribution in [0.5, 0.6) is 5.75 Å². The molecule has 0 aromatic heterocycles. The number of halogens is 1. The highest BCUT2D eigenvalue weighted by molar-refractivity contribution is 5.30. The molecular formula is C13H19FN2O. The number of hydrogen-bond donors (Lipinski definition) is 1. The molecule has 0 aliphatic carbocycles. The highest BCUT2D eigenvalue weighted by Crippen LogP contribution is 2.18. The number of nitrogens with zero attached hydrogens (tertiary/aromatic N) is 1. The van der Waals surface area contributed by atoms with E-state index in [1.165, 1.54) is 13.2 Å². The molecule has 17 heavy (non-hydrogen) atoms. The molecule has 0 radical (unpaired) electrons. The smallest absolute Gasteiger partial charge is 0.165 e. The lowest BCUT2D eigenvalue weighted by Crippen LogP contribution is -2.44. The number of ether oxygens (including phenoxy) is 1. The van der Waals surface area contributed by atoms with E-state index in [0.717, 1.165) is 44.7 Å². The Morgan fingerprint density at radius 1 is 1.35 bits per heavy atom. The lowest BCUT2D eigenvalue weighted by atomic mass is 10.1. The average molecular weight is 238 g/mol. The number of hydrogen-bond acceptors (Lipinski definition) is 3. The van der Waals surface area contributed by atoms with Crippen molar-refractivity contribution in [2.24, 2.45) is 0 Å². The van der Waals surface area contributed by atoms with Crippen LogP contribution in [0.15, 0.2) is 18.2 Å². The third kappa shape index (κ3) is 3.41. The second-order valence-electron chi connectivity index (χ2n) is 4.31. The Bertz CT molecular complexity index is 364. The second-order valence-corrected chi connectivity index (χ2v) is 4.31. The minimum Gasteiger partial charge on any atom is -0.494 e. The summed E-state index contributed by atoms with van der Waals surface area (Å²) in [6.45, 7) is 5.34. The molecule has 94 valence electrons. The first kappa shape index (κ1) is 12.3. The molecule has 4 heteroatoms. The number of methoxy groups -OCH3 is 1. The van der Waals surface area contributed by atoms with Gasteiger partial charge in [0.1, 0.15) is 0 Å². The summed E-state index contributed by atoms with van der Waals surface area (Å²) in [5.41, 5.74) is 1.13. The summed E-state index contributed by atoms with van der Waals surface area (Å²) >= 11 is 0. The van der Waals surface area contributed by atoms with Crippen molar-refractivity contribution in [2.75, 3.05) is 39.8 Å². The first-order chi connectivity index (χ1) is 8.29. The topological polar surface area (TPSA) is 24.5 Å². The first-order valence-electron chi connectivity index (χ1n) is 6.05. The van der Waals surface area contributed by atoms with Crippen molar-refractivity contribution in [1.82, 2.24) is 10.2 Å². The van der Waals surface area contributed by atoms with Crippen molar-refractivity contribution in [1.29, 1.82) is 0 Å². The van der Waals surface area contributed by atoms with Gasteiger partial charge in [-0.15, -0.1) is 0 Å². The van der Waals surface area contributed by atoms with Gasteiger partial charge in [0.05, 0.1) is 7.11 Å². The van der Waals surface area contributed by atoms with E-state index in [4.69, 9.17) is 4.74 Å². The van der Waals surface area contributed by atoms with Crippen molar-refractivity contribution in [2.45, 2.75) is 6.42 Å². The maximum absolute atomic E-state index is 13.2. The molecule has 0 amide bonds. The molecule has 0 saturated carbocycles. The number of nitrogens with one attached hydrogen (secondary N) is 1. The molecule has 1 aromatic carbocycles. The zero-order valence-electron chi connectivity index (χ0n) is 10.2. The Morgan fingerprint density at radius 3 is 2.82 bits per heavy atom. The molecule has 1 N–H and O–H groups in total. The lowest BCUT2D eigenvalue weighted by molar-refractivity contribution is 0.244. The molecule has 1 aliphatic heterocycles. The second kappa shape index (κ2) is 5.98. The fraction of sp³-hybridized carbons (Fsp3) is 0.538. The van der Waals surface area contributed by atoms with E-state index in [2.05, 4.69) is 10.2 Å². The van der Waals surface area contributed by atoms with E-state index >= 15 is 0 Å². The van der Waals surface area contributed by atoms with Crippen LogP contribution in [0.3, 0.4) is 0 Å². The summed E-state index contributed by atoms with van der Waals surface area (Å²) < 4.78 is 18.2. The Hall–Kier alpha value is -1.13. The van der Waals surface area contributed by atoms with E-state index in [1.54, 1.807) is 6.07 Å². The third-order valence-electron chi connectivity index (χ3n) is 3.14. The number of rotatable bonds is 4. The van der Waals surface area contributed by atoms with Gasteiger partial charge in [0.25, 0.3) is 0 Å². The van der Waals surface area contributed by atoms with Crippen LogP contribution in [0.1, 0.15) is 5.56 Å². The molecule has 0 atom stereocenters. The quantitative estimate of drug-likeness (QED) is 0.855. The molecule has 1 aliphatic rings. The fourth-order valence-electron chi connectivity index (χ4n) is 2.08. The molecule has 3 nitrogen and oxygen atoms in total. The first-order valence-corrected chi connectivity index (χ1v) is 6.05. The molecule has 0 bridgehead atoms. The fourth-order valence-corrected chi connectivity index (χ4v) is 2.08. The van der Waals surface area contributed by atoms with Gasteiger partial charge in [-0.2, -0.15) is 0 Å². The van der Waals surface area contributed by atoms with Crippen molar-refractivity contribution >= 4 is 0 Å². The maximum Gasteiger partial charge on any atom is 0.165 e. The molecule has 1 heterocycles. The van der Waals surface area contributed by atoms with Crippen LogP contribution in [-0.2, 0) is 6.42 Å². The van der Waals surface area contributed by atoms with Crippen LogP contribution in [0.4, 0.5) is 4.39 Å². The highest BCUT2D eigenvalue weighted by Gasteiger charge is 2.10. The maximum atomic E-state index is 13.2. The Kier molecular flexibility index (Phi) is 4.34. The van der Waals surface area contributed by atoms with Gasteiger partial charge in [0.2, 0.25) is 0 Å². The molecule has 2 rings (SSSR count). The molecule has 0 unspecified atom stereocenters. The predicted octanol–water partition coefficient (Wildman–Crippen LogP) is 1.28. The standard InChI is InChI=1S/C13H19FN2O/c1-17-13-10-11(2-3-12(13)14)4-7-16-8-5-15-6-9-16/h2-3,10,15H,4-9H2,1H3. The highest BCUT2D eigenvalue weighted by atomic mass is 19.1. The van der Waals surface area contributed by atoms with Crippen LogP contribution < -0.4 is 10.1 Å². The van der Waals surface area contributed by atoms with Crippen LogP contribution in [0.25, 0.3) is 0 Å². The summed E-state index contributed by atoms with van der Waals surface area (Å²) in [6, 6.07) is 5.10. The number of piperazine rings is 1. The summed E-state index contributed by atoms with van der Waals surface area (Å²) in [4.78, 5) is 2.42. The third-order valence-corrected chi connectivity index (χ3v) is 3.14. The van der Waals surface area contributed by atoms with Crippen molar-refractivity contribution < 1.29 is 9.13 Å². The van der Waals surface area contributed by atoms with Crippen LogP contribution >= 0.6 is 0 Å². The minimum absolute atomic E-state index is 0.293. The molecular weight excluding hydrogens is 219 g/mol. The van der Waals surface area contributed by atoms with Crippen LogP contribution in [-0.4, -0.2) is 44.7 Å². The largest absolute Gasteiger partial charge is 0.494 e. The summed E-state index contributed by atoms with van der Waals surface area (Å²) in [5.74, 6) is 0.0428. The van der Waals surface area contributed by atoms with Crippen LogP contribution in [0, 0.1) is 5.82 Å². The van der Waals surface area contributed by atoms with Gasteiger partial charge in [-0.25, -0.2) is 4.39 Å². The van der Waals surface area contributed by atoms with E-state index in [-0.39, 0.29) is 5.82 Å². The number of benzene rings is 1. The Labute approximate surface area is 102 Å². The van der Waals surface area contributed by atoms with E-state index in [9.17, 15) is 4.39 Å². The molecule has 1 fully saturated rings. The zero-order valence-corrected chi connectivity index (χ0v) is 10.2. The summed E-state index contributed by atoms with van der Waals surface area (Å²) in [7, 11) is 1.50. The average Bonchev–Trinajstić information content (AvgIpc) is 2.39. The molecule has 1 aromatic rings. The van der Waals surface area contributed by atoms with Crippen molar-refractivity contribution in [3.8, 4) is 5.75 Å². The monoisotopic (exact) mass is 238 g/mol. The van der Waals surface area contributed by atoms with Gasteiger partial charge in [-0.3, -0.25) is 0 Å². The van der Waals surface area contributed by atoms with Crippen LogP contribution in [0.2, 0.25) is 0 Å². The molecule has 1 saturated heterocycles. The van der Waals surface area contributed by atoms with Gasteiger partial charge in [-0.1, -0.05) is 6.07 Å². The normalized spacial score (nSPS) is 17.1. The molecule has 0 spiro atoms. The van der Waals surface area contributed by atoms with Gasteiger partial charge in [0, 0.05) is 32.7 Å². The van der Waals surface area contributed by atoms with Gasteiger partial charge >= 0.3 is 0 Å². The summed E-state index contributed by atoms with van der Waals surface area (Å²) in [5, 5.41) is 3.33. The summed E-state index contributed by atoms with van der Waals surface area (Å²) in [6.07, 6.45) is 0.941.